The van der Waals surface area contributed by atoms with Gasteiger partial charge in [-0.2, -0.15) is 0 Å². The van der Waals surface area contributed by atoms with E-state index in [1.807, 2.05) is 0 Å². The molecule has 0 saturated heterocycles. The summed E-state index contributed by atoms with van der Waals surface area (Å²) in [4.78, 5) is 7.34. The molecule has 0 radical (unpaired) electrons. The fourth-order valence-corrected chi connectivity index (χ4v) is 3.53. The maximum atomic E-state index is 13.6. The van der Waals surface area contributed by atoms with E-state index in [0.29, 0.717) is 0 Å². The number of halogens is 1. The molecule has 0 aliphatic heterocycles. The third-order valence-corrected chi connectivity index (χ3v) is 5.12. The van der Waals surface area contributed by atoms with E-state index in [4.69, 9.17) is 4.74 Å². The molecule has 2 aromatic carbocycles. The van der Waals surface area contributed by atoms with Crippen molar-refractivity contribution in [3.05, 3.63) is 85.0 Å². The van der Waals surface area contributed by atoms with Gasteiger partial charge in [0.05, 0.1) is 4.90 Å². The van der Waals surface area contributed by atoms with Gasteiger partial charge in [-0.3, -0.25) is 0 Å². The summed E-state index contributed by atoms with van der Waals surface area (Å²) in [5, 5.41) is 0. The number of ether oxygens (including phenoxy) is 1. The van der Waals surface area contributed by atoms with Crippen molar-refractivity contribution in [1.29, 1.82) is 0 Å². The number of hydrogen-bond acceptors (Lipinski definition) is 5. The fourth-order valence-electron chi connectivity index (χ4n) is 2.18. The molecule has 3 aromatic rings. The maximum Gasteiger partial charge on any atom is 0.321 e. The first kappa shape index (κ1) is 16.8. The minimum absolute atomic E-state index is 0.00957. The van der Waals surface area contributed by atoms with Crippen molar-refractivity contribution >= 4 is 14.7 Å². The predicted molar refractivity (Wildman–Crippen MR) is 91.3 cm³/mol. The number of para-hydroxylation sites is 1. The second-order valence-electron chi connectivity index (χ2n) is 4.92. The molecule has 0 bridgehead atoms. The van der Waals surface area contributed by atoms with Crippen LogP contribution in [0.5, 0.6) is 11.8 Å². The summed E-state index contributed by atoms with van der Waals surface area (Å²) in [7, 11) is -4.05. The summed E-state index contributed by atoms with van der Waals surface area (Å²) in [5.41, 5.74) is 0.0845. The standard InChI is InChI=1S/C18H13FN2O3S/c19-13-17(25(22,23)14-7-2-1-3-8-14)15-9-4-5-10-16(15)24-18-20-11-6-12-21-18/h1-13H. The Morgan fingerprint density at radius 3 is 2.24 bits per heavy atom. The van der Waals surface area contributed by atoms with Crippen molar-refractivity contribution in [3.63, 3.8) is 0 Å². The van der Waals surface area contributed by atoms with E-state index in [9.17, 15) is 12.8 Å². The van der Waals surface area contributed by atoms with Crippen molar-refractivity contribution in [3.8, 4) is 11.8 Å². The molecule has 0 unspecified atom stereocenters. The van der Waals surface area contributed by atoms with Crippen LogP contribution in [0.3, 0.4) is 0 Å². The van der Waals surface area contributed by atoms with E-state index >= 15 is 0 Å². The van der Waals surface area contributed by atoms with Gasteiger partial charge in [0, 0.05) is 18.0 Å². The third kappa shape index (κ3) is 3.56. The quantitative estimate of drug-likeness (QED) is 0.691. The van der Waals surface area contributed by atoms with Crippen LogP contribution >= 0.6 is 0 Å². The Bertz CT molecular complexity index is 991. The normalized spacial score (nSPS) is 12.0. The summed E-state index contributed by atoms with van der Waals surface area (Å²) < 4.78 is 44.7. The van der Waals surface area contributed by atoms with Gasteiger partial charge >= 0.3 is 6.01 Å². The molecule has 0 atom stereocenters. The lowest BCUT2D eigenvalue weighted by molar-refractivity contribution is 0.440. The van der Waals surface area contributed by atoms with Crippen molar-refractivity contribution in [2.24, 2.45) is 0 Å². The van der Waals surface area contributed by atoms with Crippen LogP contribution in [0.25, 0.3) is 4.91 Å². The van der Waals surface area contributed by atoms with E-state index in [1.54, 1.807) is 36.4 Å². The van der Waals surface area contributed by atoms with Crippen LogP contribution in [0.4, 0.5) is 4.39 Å². The van der Waals surface area contributed by atoms with E-state index < -0.39 is 14.7 Å². The summed E-state index contributed by atoms with van der Waals surface area (Å²) in [5.74, 6) is 0.136. The Morgan fingerprint density at radius 2 is 1.56 bits per heavy atom. The van der Waals surface area contributed by atoms with Gasteiger partial charge < -0.3 is 4.74 Å². The highest BCUT2D eigenvalue weighted by atomic mass is 32.2. The predicted octanol–water partition coefficient (Wildman–Crippen LogP) is 4.01. The molecule has 3 rings (SSSR count). The lowest BCUT2D eigenvalue weighted by Crippen LogP contribution is -2.05. The average Bonchev–Trinajstić information content (AvgIpc) is 2.65. The lowest BCUT2D eigenvalue weighted by Gasteiger charge is -2.12. The number of rotatable bonds is 5. The Morgan fingerprint density at radius 1 is 0.920 bits per heavy atom. The Balaban J connectivity index is 2.06. The van der Waals surface area contributed by atoms with Gasteiger partial charge in [0.15, 0.2) is 0 Å². The molecule has 1 aromatic heterocycles. The highest BCUT2D eigenvalue weighted by molar-refractivity contribution is 8.00. The monoisotopic (exact) mass is 356 g/mol. The van der Waals surface area contributed by atoms with Crippen LogP contribution in [-0.2, 0) is 9.84 Å². The number of hydrogen-bond donors (Lipinski definition) is 0. The first-order valence-electron chi connectivity index (χ1n) is 7.28. The molecule has 0 N–H and O–H groups in total. The second-order valence-corrected chi connectivity index (χ2v) is 6.84. The smallest absolute Gasteiger partial charge is 0.321 e. The number of benzene rings is 2. The minimum Gasteiger partial charge on any atom is -0.424 e. The van der Waals surface area contributed by atoms with Gasteiger partial charge in [0.2, 0.25) is 9.84 Å². The zero-order valence-corrected chi connectivity index (χ0v) is 13.7. The molecule has 0 aliphatic rings. The van der Waals surface area contributed by atoms with Crippen LogP contribution in [0.1, 0.15) is 5.56 Å². The number of aromatic nitrogens is 2. The van der Waals surface area contributed by atoms with Gasteiger partial charge in [-0.15, -0.1) is 0 Å². The first-order chi connectivity index (χ1) is 12.1. The third-order valence-electron chi connectivity index (χ3n) is 3.34. The van der Waals surface area contributed by atoms with E-state index in [1.165, 1.54) is 36.7 Å². The van der Waals surface area contributed by atoms with Crippen LogP contribution in [0.2, 0.25) is 0 Å². The fraction of sp³-hybridized carbons (Fsp3) is 0. The summed E-state index contributed by atoms with van der Waals surface area (Å²) in [6.07, 6.45) is 3.03. The molecule has 25 heavy (non-hydrogen) atoms. The highest BCUT2D eigenvalue weighted by Gasteiger charge is 2.25. The molecular formula is C18H13FN2O3S. The molecule has 7 heteroatoms. The molecule has 0 saturated carbocycles. The highest BCUT2D eigenvalue weighted by Crippen LogP contribution is 2.35. The average molecular weight is 356 g/mol. The molecule has 0 fully saturated rings. The largest absolute Gasteiger partial charge is 0.424 e. The SMILES string of the molecule is O=S(=O)(C(=CF)c1ccccc1Oc1ncccn1)c1ccccc1. The molecule has 126 valence electrons. The Hall–Kier alpha value is -3.06. The number of nitrogens with zero attached hydrogens (tertiary/aromatic N) is 2. The summed E-state index contributed by atoms with van der Waals surface area (Å²) in [6.45, 7) is 0. The molecule has 0 amide bonds. The van der Waals surface area contributed by atoms with Crippen LogP contribution in [0, 0.1) is 0 Å². The zero-order valence-electron chi connectivity index (χ0n) is 12.9. The van der Waals surface area contributed by atoms with Crippen molar-refractivity contribution in [2.75, 3.05) is 0 Å². The van der Waals surface area contributed by atoms with Crippen LogP contribution in [-0.4, -0.2) is 18.4 Å². The molecule has 1 heterocycles. The Kier molecular flexibility index (Phi) is 4.85. The van der Waals surface area contributed by atoms with Crippen molar-refractivity contribution in [2.45, 2.75) is 4.90 Å². The first-order valence-corrected chi connectivity index (χ1v) is 8.76. The molecule has 0 aliphatic carbocycles. The van der Waals surface area contributed by atoms with Crippen molar-refractivity contribution in [1.82, 2.24) is 9.97 Å². The van der Waals surface area contributed by atoms with Crippen LogP contribution < -0.4 is 4.74 Å². The van der Waals surface area contributed by atoms with Crippen molar-refractivity contribution < 1.29 is 17.5 Å². The zero-order chi connectivity index (χ0) is 17.7. The Labute approximate surface area is 144 Å². The lowest BCUT2D eigenvalue weighted by atomic mass is 10.2. The molecular weight excluding hydrogens is 343 g/mol. The molecule has 5 nitrogen and oxygen atoms in total. The molecule has 0 spiro atoms. The maximum absolute atomic E-state index is 13.6. The number of sulfone groups is 1. The van der Waals surface area contributed by atoms with Gasteiger partial charge in [-0.05, 0) is 30.3 Å². The van der Waals surface area contributed by atoms with Gasteiger partial charge in [-0.25, -0.2) is 22.8 Å². The second kappa shape index (κ2) is 7.23. The topological polar surface area (TPSA) is 69.2 Å². The van der Waals surface area contributed by atoms with Gasteiger partial charge in [-0.1, -0.05) is 30.3 Å². The van der Waals surface area contributed by atoms with Gasteiger partial charge in [0.25, 0.3) is 0 Å². The summed E-state index contributed by atoms with van der Waals surface area (Å²) in [6, 6.07) is 15.5. The minimum atomic E-state index is -4.05. The van der Waals surface area contributed by atoms with E-state index in [0.717, 1.165) is 0 Å². The van der Waals surface area contributed by atoms with E-state index in [-0.39, 0.29) is 28.5 Å². The van der Waals surface area contributed by atoms with E-state index in [2.05, 4.69) is 9.97 Å². The van der Waals surface area contributed by atoms with Gasteiger partial charge in [0.1, 0.15) is 17.0 Å². The summed E-state index contributed by atoms with van der Waals surface area (Å²) >= 11 is 0. The van der Waals surface area contributed by atoms with Crippen LogP contribution in [0.15, 0.2) is 84.3 Å².